The highest BCUT2D eigenvalue weighted by Crippen LogP contribution is 2.34. The number of hydrogen-bond acceptors (Lipinski definition) is 5. The van der Waals surface area contributed by atoms with E-state index in [2.05, 4.69) is 16.8 Å². The molecule has 1 aromatic carbocycles. The second kappa shape index (κ2) is 8.07. The smallest absolute Gasteiger partial charge is 0.277 e. The number of carbonyl (C=O) groups excluding carboxylic acids is 2. The van der Waals surface area contributed by atoms with E-state index in [1.54, 1.807) is 0 Å². The SMILES string of the molecule is CN1CCN(C2=C(c3cccs3)C(=O)N(CCc3ccc(Cl)cc3)C2=O)CC1. The van der Waals surface area contributed by atoms with Crippen molar-refractivity contribution >= 4 is 40.3 Å². The van der Waals surface area contributed by atoms with Crippen molar-refractivity contribution in [3.63, 3.8) is 0 Å². The number of imide groups is 1. The fraction of sp³-hybridized carbons (Fsp3) is 0.333. The van der Waals surface area contributed by atoms with Gasteiger partial charge in [0.2, 0.25) is 0 Å². The Bertz CT molecular complexity index is 900. The summed E-state index contributed by atoms with van der Waals surface area (Å²) in [6, 6.07) is 11.4. The van der Waals surface area contributed by atoms with Crippen LogP contribution in [0.4, 0.5) is 0 Å². The van der Waals surface area contributed by atoms with Gasteiger partial charge in [-0.1, -0.05) is 29.8 Å². The molecule has 1 saturated heterocycles. The number of hydrogen-bond donors (Lipinski definition) is 0. The monoisotopic (exact) mass is 415 g/mol. The summed E-state index contributed by atoms with van der Waals surface area (Å²) in [6.07, 6.45) is 0.613. The normalized spacial score (nSPS) is 18.5. The van der Waals surface area contributed by atoms with Gasteiger partial charge in [0, 0.05) is 42.6 Å². The maximum atomic E-state index is 13.3. The molecule has 146 valence electrons. The van der Waals surface area contributed by atoms with Gasteiger partial charge in [-0.15, -0.1) is 11.3 Å². The molecule has 3 heterocycles. The Morgan fingerprint density at radius 2 is 1.71 bits per heavy atom. The maximum absolute atomic E-state index is 13.3. The number of amides is 2. The predicted molar refractivity (Wildman–Crippen MR) is 112 cm³/mol. The molecule has 1 fully saturated rings. The van der Waals surface area contributed by atoms with Crippen molar-refractivity contribution in [2.75, 3.05) is 39.8 Å². The van der Waals surface area contributed by atoms with Gasteiger partial charge in [0.25, 0.3) is 11.8 Å². The first-order valence-electron chi connectivity index (χ1n) is 9.37. The van der Waals surface area contributed by atoms with Crippen LogP contribution < -0.4 is 0 Å². The summed E-state index contributed by atoms with van der Waals surface area (Å²) in [6.45, 7) is 3.64. The van der Waals surface area contributed by atoms with Crippen LogP contribution in [0, 0.1) is 0 Å². The highest BCUT2D eigenvalue weighted by Gasteiger charge is 2.42. The third-order valence-electron chi connectivity index (χ3n) is 5.27. The van der Waals surface area contributed by atoms with E-state index in [0.29, 0.717) is 29.3 Å². The molecule has 0 spiro atoms. The van der Waals surface area contributed by atoms with Crippen molar-refractivity contribution in [1.82, 2.24) is 14.7 Å². The topological polar surface area (TPSA) is 43.9 Å². The number of nitrogens with zero attached hydrogens (tertiary/aromatic N) is 3. The molecule has 2 amide bonds. The van der Waals surface area contributed by atoms with Crippen LogP contribution in [0.1, 0.15) is 10.4 Å². The Balaban J connectivity index is 1.59. The Morgan fingerprint density at radius 3 is 2.36 bits per heavy atom. The first-order valence-corrected chi connectivity index (χ1v) is 10.6. The van der Waals surface area contributed by atoms with Crippen LogP contribution in [0.2, 0.25) is 5.02 Å². The maximum Gasteiger partial charge on any atom is 0.277 e. The Labute approximate surface area is 173 Å². The molecule has 0 bridgehead atoms. The van der Waals surface area contributed by atoms with Gasteiger partial charge in [0.05, 0.1) is 5.57 Å². The van der Waals surface area contributed by atoms with Crippen LogP contribution in [0.5, 0.6) is 0 Å². The highest BCUT2D eigenvalue weighted by atomic mass is 35.5. The van der Waals surface area contributed by atoms with E-state index >= 15 is 0 Å². The van der Waals surface area contributed by atoms with Crippen molar-refractivity contribution in [2.24, 2.45) is 0 Å². The van der Waals surface area contributed by atoms with E-state index in [0.717, 1.165) is 36.6 Å². The first-order chi connectivity index (χ1) is 13.5. The Kier molecular flexibility index (Phi) is 5.53. The van der Waals surface area contributed by atoms with Gasteiger partial charge >= 0.3 is 0 Å². The molecule has 0 saturated carbocycles. The number of benzene rings is 1. The van der Waals surface area contributed by atoms with Gasteiger partial charge in [0.15, 0.2) is 0 Å². The van der Waals surface area contributed by atoms with Crippen LogP contribution in [0.3, 0.4) is 0 Å². The minimum Gasteiger partial charge on any atom is -0.364 e. The third kappa shape index (κ3) is 3.72. The van der Waals surface area contributed by atoms with Crippen molar-refractivity contribution in [2.45, 2.75) is 6.42 Å². The molecular weight excluding hydrogens is 394 g/mol. The van der Waals surface area contributed by atoms with E-state index in [1.165, 1.54) is 16.2 Å². The fourth-order valence-corrected chi connectivity index (χ4v) is 4.51. The number of likely N-dealkylation sites (N-methyl/N-ethyl adjacent to an activating group) is 1. The number of piperazine rings is 1. The van der Waals surface area contributed by atoms with E-state index in [1.807, 2.05) is 41.8 Å². The zero-order chi connectivity index (χ0) is 19.7. The van der Waals surface area contributed by atoms with Gasteiger partial charge in [-0.05, 0) is 42.6 Å². The zero-order valence-corrected chi connectivity index (χ0v) is 17.3. The average molecular weight is 416 g/mol. The summed E-state index contributed by atoms with van der Waals surface area (Å²) in [5.41, 5.74) is 2.17. The predicted octanol–water partition coefficient (Wildman–Crippen LogP) is 2.97. The van der Waals surface area contributed by atoms with Crippen LogP contribution in [0.25, 0.3) is 5.57 Å². The number of halogens is 1. The molecule has 1 aromatic heterocycles. The quantitative estimate of drug-likeness (QED) is 0.704. The molecule has 0 N–H and O–H groups in total. The minimum absolute atomic E-state index is 0.174. The largest absolute Gasteiger partial charge is 0.364 e. The lowest BCUT2D eigenvalue weighted by Gasteiger charge is -2.34. The summed E-state index contributed by atoms with van der Waals surface area (Å²) >= 11 is 7.45. The molecule has 0 radical (unpaired) electrons. The minimum atomic E-state index is -0.185. The van der Waals surface area contributed by atoms with Crippen LogP contribution in [-0.2, 0) is 16.0 Å². The summed E-state index contributed by atoms with van der Waals surface area (Å²) in [5, 5.41) is 2.62. The molecular formula is C21H22ClN3O2S. The lowest BCUT2D eigenvalue weighted by Crippen LogP contribution is -2.46. The molecule has 2 aliphatic rings. The molecule has 4 rings (SSSR count). The van der Waals surface area contributed by atoms with Crippen LogP contribution >= 0.6 is 22.9 Å². The molecule has 0 aliphatic carbocycles. The Morgan fingerprint density at radius 1 is 1.00 bits per heavy atom. The molecule has 0 atom stereocenters. The van der Waals surface area contributed by atoms with E-state index < -0.39 is 0 Å². The van der Waals surface area contributed by atoms with E-state index in [9.17, 15) is 9.59 Å². The zero-order valence-electron chi connectivity index (χ0n) is 15.7. The van der Waals surface area contributed by atoms with E-state index in [-0.39, 0.29) is 11.8 Å². The molecule has 28 heavy (non-hydrogen) atoms. The molecule has 5 nitrogen and oxygen atoms in total. The summed E-state index contributed by atoms with van der Waals surface area (Å²) in [5.74, 6) is -0.359. The van der Waals surface area contributed by atoms with Gasteiger partial charge < -0.3 is 9.80 Å². The van der Waals surface area contributed by atoms with Crippen molar-refractivity contribution in [1.29, 1.82) is 0 Å². The van der Waals surface area contributed by atoms with Gasteiger partial charge in [-0.2, -0.15) is 0 Å². The van der Waals surface area contributed by atoms with Gasteiger partial charge in [-0.25, -0.2) is 0 Å². The van der Waals surface area contributed by atoms with Crippen molar-refractivity contribution < 1.29 is 9.59 Å². The lowest BCUT2D eigenvalue weighted by atomic mass is 10.1. The third-order valence-corrected chi connectivity index (χ3v) is 6.41. The van der Waals surface area contributed by atoms with Crippen LogP contribution in [-0.4, -0.2) is 66.3 Å². The summed E-state index contributed by atoms with van der Waals surface area (Å²) in [4.78, 5) is 33.0. The molecule has 2 aliphatic heterocycles. The second-order valence-electron chi connectivity index (χ2n) is 7.13. The van der Waals surface area contributed by atoms with E-state index in [4.69, 9.17) is 11.6 Å². The lowest BCUT2D eigenvalue weighted by molar-refractivity contribution is -0.137. The number of thiophene rings is 1. The van der Waals surface area contributed by atoms with Gasteiger partial charge in [-0.3, -0.25) is 14.5 Å². The highest BCUT2D eigenvalue weighted by molar-refractivity contribution is 7.11. The Hall–Kier alpha value is -2.15. The van der Waals surface area contributed by atoms with Gasteiger partial charge in [0.1, 0.15) is 5.70 Å². The summed E-state index contributed by atoms with van der Waals surface area (Å²) in [7, 11) is 2.08. The average Bonchev–Trinajstić information content (AvgIpc) is 3.29. The molecule has 2 aromatic rings. The standard InChI is InChI=1S/C21H22ClN3O2S/c1-23-10-12-24(13-11-23)19-18(17-3-2-14-28-17)20(26)25(21(19)27)9-8-15-4-6-16(22)7-5-15/h2-7,14H,8-13H2,1H3. The second-order valence-corrected chi connectivity index (χ2v) is 8.51. The molecule has 7 heteroatoms. The number of carbonyl (C=O) groups is 2. The van der Waals surface area contributed by atoms with Crippen LogP contribution in [0.15, 0.2) is 47.5 Å². The van der Waals surface area contributed by atoms with Crippen molar-refractivity contribution in [3.8, 4) is 0 Å². The molecule has 0 unspecified atom stereocenters. The fourth-order valence-electron chi connectivity index (χ4n) is 3.62. The number of rotatable bonds is 5. The first kappa shape index (κ1) is 19.2. The summed E-state index contributed by atoms with van der Waals surface area (Å²) < 4.78 is 0. The van der Waals surface area contributed by atoms with Crippen molar-refractivity contribution in [3.05, 3.63) is 62.9 Å².